The van der Waals surface area contributed by atoms with Gasteiger partial charge in [-0.05, 0) is 64.8 Å². The number of carboxylic acid groups (broad SMARTS) is 1. The van der Waals surface area contributed by atoms with Gasteiger partial charge < -0.3 is 15.7 Å². The second kappa shape index (κ2) is 8.29. The van der Waals surface area contributed by atoms with Crippen LogP contribution in [-0.2, 0) is 4.79 Å². The summed E-state index contributed by atoms with van der Waals surface area (Å²) in [6.07, 6.45) is 8.79. The van der Waals surface area contributed by atoms with Crippen LogP contribution in [0.5, 0.6) is 0 Å². The second-order valence-electron chi connectivity index (χ2n) is 5.34. The van der Waals surface area contributed by atoms with Gasteiger partial charge in [-0.25, -0.2) is 4.79 Å². The number of aliphatic carboxylic acids is 1. The van der Waals surface area contributed by atoms with Gasteiger partial charge in [0.25, 0.3) is 0 Å². The Morgan fingerprint density at radius 1 is 1.32 bits per heavy atom. The molecule has 2 rings (SSSR count). The Bertz CT molecular complexity index is 584. The lowest BCUT2D eigenvalue weighted by atomic mass is 9.96. The summed E-state index contributed by atoms with van der Waals surface area (Å²) in [5, 5.41) is 15.8. The summed E-state index contributed by atoms with van der Waals surface area (Å²) in [6.45, 7) is 0. The number of halogens is 1. The van der Waals surface area contributed by atoms with Crippen molar-refractivity contribution < 1.29 is 9.90 Å². The zero-order chi connectivity index (χ0) is 15.9. The van der Waals surface area contributed by atoms with E-state index in [1.165, 1.54) is 19.3 Å². The van der Waals surface area contributed by atoms with Crippen LogP contribution in [0.1, 0.15) is 37.7 Å². The highest BCUT2D eigenvalue weighted by atomic mass is 79.9. The quantitative estimate of drug-likeness (QED) is 0.538. The zero-order valence-electron chi connectivity index (χ0n) is 12.1. The van der Waals surface area contributed by atoms with Crippen LogP contribution in [-0.4, -0.2) is 22.2 Å². The Kier molecular flexibility index (Phi) is 6.39. The fraction of sp³-hybridized carbons (Fsp3) is 0.375. The first-order chi connectivity index (χ1) is 10.5. The van der Waals surface area contributed by atoms with Crippen LogP contribution in [0.15, 0.2) is 28.7 Å². The summed E-state index contributed by atoms with van der Waals surface area (Å²) in [6, 6.07) is 6.01. The number of nitrogens with one attached hydrogen (secondary N) is 2. The molecule has 0 atom stereocenters. The number of carboxylic acids is 1. The van der Waals surface area contributed by atoms with E-state index in [0.717, 1.165) is 34.6 Å². The molecule has 22 heavy (non-hydrogen) atoms. The van der Waals surface area contributed by atoms with Crippen molar-refractivity contribution in [3.8, 4) is 0 Å². The Balaban J connectivity index is 1.99. The molecule has 0 bridgehead atoms. The molecule has 0 amide bonds. The summed E-state index contributed by atoms with van der Waals surface area (Å²) >= 11 is 8.84. The van der Waals surface area contributed by atoms with Gasteiger partial charge in [0.2, 0.25) is 0 Å². The van der Waals surface area contributed by atoms with Crippen LogP contribution in [0, 0.1) is 0 Å². The van der Waals surface area contributed by atoms with Crippen LogP contribution >= 0.6 is 28.1 Å². The third-order valence-corrected chi connectivity index (χ3v) is 4.51. The Hall–Kier alpha value is -1.40. The summed E-state index contributed by atoms with van der Waals surface area (Å²) in [5.74, 6) is -0.966. The minimum atomic E-state index is -0.966. The highest BCUT2D eigenvalue weighted by Crippen LogP contribution is 2.24. The van der Waals surface area contributed by atoms with Crippen LogP contribution in [0.25, 0.3) is 6.08 Å². The summed E-state index contributed by atoms with van der Waals surface area (Å²) in [7, 11) is 0. The van der Waals surface area contributed by atoms with Gasteiger partial charge in [0.1, 0.15) is 0 Å². The van der Waals surface area contributed by atoms with Gasteiger partial charge in [-0.1, -0.05) is 25.3 Å². The molecule has 1 aliphatic rings. The Labute approximate surface area is 144 Å². The van der Waals surface area contributed by atoms with Gasteiger partial charge in [0.05, 0.1) is 5.69 Å². The van der Waals surface area contributed by atoms with Crippen LogP contribution in [0.3, 0.4) is 0 Å². The molecule has 1 fully saturated rings. The predicted molar refractivity (Wildman–Crippen MR) is 97.0 cm³/mol. The first-order valence-corrected chi connectivity index (χ1v) is 8.53. The van der Waals surface area contributed by atoms with E-state index >= 15 is 0 Å². The molecule has 1 aromatic rings. The maximum atomic E-state index is 10.6. The fourth-order valence-corrected chi connectivity index (χ4v) is 3.12. The summed E-state index contributed by atoms with van der Waals surface area (Å²) in [5.41, 5.74) is 1.62. The van der Waals surface area contributed by atoms with Gasteiger partial charge in [0.15, 0.2) is 5.11 Å². The van der Waals surface area contributed by atoms with E-state index in [0.29, 0.717) is 11.2 Å². The van der Waals surface area contributed by atoms with Crippen molar-refractivity contribution in [1.29, 1.82) is 0 Å². The number of anilines is 1. The maximum Gasteiger partial charge on any atom is 0.328 e. The lowest BCUT2D eigenvalue weighted by molar-refractivity contribution is -0.131. The molecule has 1 aromatic carbocycles. The molecule has 0 spiro atoms. The third-order valence-electron chi connectivity index (χ3n) is 3.60. The third kappa shape index (κ3) is 5.42. The predicted octanol–water partition coefficient (Wildman–Crippen LogP) is 4.17. The number of hydrogen-bond donors (Lipinski definition) is 3. The minimum Gasteiger partial charge on any atom is -0.478 e. The second-order valence-corrected chi connectivity index (χ2v) is 6.61. The minimum absolute atomic E-state index is 0.447. The molecule has 0 heterocycles. The zero-order valence-corrected chi connectivity index (χ0v) is 14.5. The van der Waals surface area contributed by atoms with E-state index in [-0.39, 0.29) is 0 Å². The molecule has 1 saturated carbocycles. The van der Waals surface area contributed by atoms with E-state index in [2.05, 4.69) is 26.6 Å². The van der Waals surface area contributed by atoms with E-state index in [1.54, 1.807) is 6.08 Å². The van der Waals surface area contributed by atoms with Crippen molar-refractivity contribution in [3.05, 3.63) is 34.3 Å². The molecule has 0 unspecified atom stereocenters. The van der Waals surface area contributed by atoms with Crippen molar-refractivity contribution in [2.24, 2.45) is 0 Å². The van der Waals surface area contributed by atoms with Gasteiger partial charge in [-0.15, -0.1) is 0 Å². The van der Waals surface area contributed by atoms with E-state index < -0.39 is 5.97 Å². The topological polar surface area (TPSA) is 61.4 Å². The van der Waals surface area contributed by atoms with Crippen molar-refractivity contribution in [3.63, 3.8) is 0 Å². The maximum absolute atomic E-state index is 10.6. The van der Waals surface area contributed by atoms with Crippen molar-refractivity contribution in [2.45, 2.75) is 38.1 Å². The molecule has 0 saturated heterocycles. The highest BCUT2D eigenvalue weighted by Gasteiger charge is 2.14. The molecule has 3 N–H and O–H groups in total. The first-order valence-electron chi connectivity index (χ1n) is 7.32. The van der Waals surface area contributed by atoms with Crippen LogP contribution < -0.4 is 10.6 Å². The molecule has 0 aromatic heterocycles. The van der Waals surface area contributed by atoms with E-state index in [1.807, 2.05) is 18.2 Å². The first kappa shape index (κ1) is 17.0. The summed E-state index contributed by atoms with van der Waals surface area (Å²) in [4.78, 5) is 10.6. The molecule has 1 aliphatic carbocycles. The molecule has 4 nitrogen and oxygen atoms in total. The lowest BCUT2D eigenvalue weighted by Crippen LogP contribution is -2.38. The van der Waals surface area contributed by atoms with Gasteiger partial charge in [-0.2, -0.15) is 0 Å². The summed E-state index contributed by atoms with van der Waals surface area (Å²) < 4.78 is 0.882. The standard InChI is InChI=1S/C16H19BrN2O2S/c17-13-8-6-11(7-9-15(20)21)10-14(13)19-16(22)18-12-4-2-1-3-5-12/h6-10,12H,1-5H2,(H,20,21)(H2,18,19,22)/b9-7+. The average molecular weight is 383 g/mol. The molecule has 6 heteroatoms. The molecular weight excluding hydrogens is 364 g/mol. The van der Waals surface area contributed by atoms with Gasteiger partial charge in [-0.3, -0.25) is 0 Å². The Morgan fingerprint density at radius 3 is 2.73 bits per heavy atom. The largest absolute Gasteiger partial charge is 0.478 e. The van der Waals surface area contributed by atoms with Crippen LogP contribution in [0.4, 0.5) is 5.69 Å². The van der Waals surface area contributed by atoms with Gasteiger partial charge >= 0.3 is 5.97 Å². The van der Waals surface area contributed by atoms with Crippen LogP contribution in [0.2, 0.25) is 0 Å². The molecule has 118 valence electrons. The molecule has 0 aliphatic heterocycles. The number of rotatable bonds is 4. The van der Waals surface area contributed by atoms with Crippen molar-refractivity contribution in [1.82, 2.24) is 5.32 Å². The molecular formula is C16H19BrN2O2S. The van der Waals surface area contributed by atoms with Crippen molar-refractivity contribution in [2.75, 3.05) is 5.32 Å². The lowest BCUT2D eigenvalue weighted by Gasteiger charge is -2.24. The fourth-order valence-electron chi connectivity index (χ4n) is 2.50. The monoisotopic (exact) mass is 382 g/mol. The van der Waals surface area contributed by atoms with E-state index in [9.17, 15) is 4.79 Å². The van der Waals surface area contributed by atoms with Gasteiger partial charge in [0, 0.05) is 16.6 Å². The molecule has 0 radical (unpaired) electrons. The number of hydrogen-bond acceptors (Lipinski definition) is 2. The smallest absolute Gasteiger partial charge is 0.328 e. The normalized spacial score (nSPS) is 15.7. The number of carbonyl (C=O) groups is 1. The highest BCUT2D eigenvalue weighted by molar-refractivity contribution is 9.10. The number of benzene rings is 1. The van der Waals surface area contributed by atoms with E-state index in [4.69, 9.17) is 17.3 Å². The average Bonchev–Trinajstić information content (AvgIpc) is 2.49. The number of thiocarbonyl (C=S) groups is 1. The SMILES string of the molecule is O=C(O)/C=C/c1ccc(Br)c(NC(=S)NC2CCCCC2)c1. The Morgan fingerprint density at radius 2 is 2.05 bits per heavy atom. The van der Waals surface area contributed by atoms with Crippen molar-refractivity contribution >= 4 is 51.0 Å².